The van der Waals surface area contributed by atoms with Crippen LogP contribution in [0.2, 0.25) is 0 Å². The zero-order valence-electron chi connectivity index (χ0n) is 15.4. The van der Waals surface area contributed by atoms with E-state index < -0.39 is 10.0 Å². The number of benzene rings is 2. The predicted octanol–water partition coefficient (Wildman–Crippen LogP) is 3.99. The van der Waals surface area contributed by atoms with Gasteiger partial charge in [0, 0.05) is 12.6 Å². The first kappa shape index (κ1) is 19.0. The van der Waals surface area contributed by atoms with Gasteiger partial charge in [-0.2, -0.15) is 0 Å². The van der Waals surface area contributed by atoms with Crippen molar-refractivity contribution >= 4 is 27.3 Å². The molecule has 1 amide bonds. The quantitative estimate of drug-likeness (QED) is 0.866. The van der Waals surface area contributed by atoms with Crippen molar-refractivity contribution < 1.29 is 13.2 Å². The molecule has 0 bridgehead atoms. The highest BCUT2D eigenvalue weighted by molar-refractivity contribution is 7.92. The molecule has 5 nitrogen and oxygen atoms in total. The van der Waals surface area contributed by atoms with Crippen molar-refractivity contribution in [2.45, 2.75) is 46.4 Å². The number of nitrogens with one attached hydrogen (secondary N) is 2. The Labute approximate surface area is 149 Å². The molecule has 2 aromatic rings. The van der Waals surface area contributed by atoms with E-state index >= 15 is 0 Å². The van der Waals surface area contributed by atoms with Crippen molar-refractivity contribution in [1.82, 2.24) is 0 Å². The van der Waals surface area contributed by atoms with E-state index in [4.69, 9.17) is 0 Å². The summed E-state index contributed by atoms with van der Waals surface area (Å²) in [5.74, 6) is -0.212. The average molecular weight is 360 g/mol. The molecule has 6 heteroatoms. The molecule has 2 rings (SSSR count). The fourth-order valence-electron chi connectivity index (χ4n) is 2.94. The predicted molar refractivity (Wildman–Crippen MR) is 102 cm³/mol. The molecule has 0 aliphatic rings. The number of sulfonamides is 1. The van der Waals surface area contributed by atoms with Crippen LogP contribution in [-0.2, 0) is 14.8 Å². The molecule has 2 aromatic carbocycles. The molecule has 0 saturated heterocycles. The van der Waals surface area contributed by atoms with Crippen molar-refractivity contribution in [1.29, 1.82) is 0 Å². The summed E-state index contributed by atoms with van der Waals surface area (Å²) in [5, 5.41) is 2.65. The minimum Gasteiger partial charge on any atom is -0.326 e. The van der Waals surface area contributed by atoms with Crippen LogP contribution in [0, 0.1) is 34.6 Å². The SMILES string of the molecule is CC(=O)Nc1cccc(NS(=O)(=O)c2c(C)c(C)c(C)c(C)c2C)c1. The number of hydrogen-bond acceptors (Lipinski definition) is 3. The summed E-state index contributed by atoms with van der Waals surface area (Å²) in [5.41, 5.74) is 5.53. The lowest BCUT2D eigenvalue weighted by Crippen LogP contribution is -2.18. The van der Waals surface area contributed by atoms with Crippen LogP contribution in [0.1, 0.15) is 34.7 Å². The van der Waals surface area contributed by atoms with Crippen LogP contribution in [0.25, 0.3) is 0 Å². The Kier molecular flexibility index (Phi) is 5.23. The minimum absolute atomic E-state index is 0.212. The van der Waals surface area contributed by atoms with Crippen LogP contribution >= 0.6 is 0 Å². The van der Waals surface area contributed by atoms with Crippen LogP contribution in [0.15, 0.2) is 29.2 Å². The van der Waals surface area contributed by atoms with Gasteiger partial charge >= 0.3 is 0 Å². The third-order valence-corrected chi connectivity index (χ3v) is 6.29. The Hall–Kier alpha value is -2.34. The maximum Gasteiger partial charge on any atom is 0.262 e. The Bertz CT molecular complexity index is 918. The third-order valence-electron chi connectivity index (χ3n) is 4.64. The number of anilines is 2. The van der Waals surface area contributed by atoms with Gasteiger partial charge in [0.05, 0.1) is 10.6 Å². The summed E-state index contributed by atoms with van der Waals surface area (Å²) in [6, 6.07) is 6.64. The first-order valence-electron chi connectivity index (χ1n) is 8.02. The Morgan fingerprint density at radius 3 is 1.84 bits per heavy atom. The van der Waals surface area contributed by atoms with E-state index in [0.29, 0.717) is 16.3 Å². The number of hydrogen-bond donors (Lipinski definition) is 2. The van der Waals surface area contributed by atoms with E-state index in [1.54, 1.807) is 24.3 Å². The Morgan fingerprint density at radius 2 is 1.32 bits per heavy atom. The van der Waals surface area contributed by atoms with Gasteiger partial charge in [0.15, 0.2) is 0 Å². The molecule has 25 heavy (non-hydrogen) atoms. The summed E-state index contributed by atoms with van der Waals surface area (Å²) >= 11 is 0. The summed E-state index contributed by atoms with van der Waals surface area (Å²) in [6.45, 7) is 10.9. The van der Waals surface area contributed by atoms with Gasteiger partial charge in [-0.15, -0.1) is 0 Å². The summed E-state index contributed by atoms with van der Waals surface area (Å²) in [7, 11) is -3.74. The van der Waals surface area contributed by atoms with Gasteiger partial charge in [0.1, 0.15) is 0 Å². The average Bonchev–Trinajstić information content (AvgIpc) is 2.50. The van der Waals surface area contributed by atoms with E-state index in [2.05, 4.69) is 10.0 Å². The molecule has 0 aliphatic carbocycles. The summed E-state index contributed by atoms with van der Waals surface area (Å²) in [4.78, 5) is 11.5. The van der Waals surface area contributed by atoms with Crippen LogP contribution in [0.4, 0.5) is 11.4 Å². The van der Waals surface area contributed by atoms with Gasteiger partial charge < -0.3 is 5.32 Å². The summed E-state index contributed by atoms with van der Waals surface area (Å²) < 4.78 is 28.6. The lowest BCUT2D eigenvalue weighted by molar-refractivity contribution is -0.114. The fraction of sp³-hybridized carbons (Fsp3) is 0.316. The first-order chi connectivity index (χ1) is 11.5. The Balaban J connectivity index is 2.50. The van der Waals surface area contributed by atoms with E-state index in [0.717, 1.165) is 27.8 Å². The fourth-order valence-corrected chi connectivity index (χ4v) is 4.59. The molecule has 134 valence electrons. The minimum atomic E-state index is -3.74. The zero-order chi connectivity index (χ0) is 18.9. The molecular weight excluding hydrogens is 336 g/mol. The van der Waals surface area contributed by atoms with Gasteiger partial charge in [0.2, 0.25) is 5.91 Å². The van der Waals surface area contributed by atoms with Crippen LogP contribution in [-0.4, -0.2) is 14.3 Å². The van der Waals surface area contributed by atoms with Gasteiger partial charge in [-0.3, -0.25) is 9.52 Å². The highest BCUT2D eigenvalue weighted by Crippen LogP contribution is 2.31. The number of carbonyl (C=O) groups is 1. The van der Waals surface area contributed by atoms with Gasteiger partial charge in [-0.05, 0) is 80.6 Å². The lowest BCUT2D eigenvalue weighted by Gasteiger charge is -2.19. The van der Waals surface area contributed by atoms with Crippen molar-refractivity contribution in [3.05, 3.63) is 52.1 Å². The highest BCUT2D eigenvalue weighted by Gasteiger charge is 2.23. The molecule has 0 atom stereocenters. The van der Waals surface area contributed by atoms with Crippen molar-refractivity contribution in [3.8, 4) is 0 Å². The molecule has 0 unspecified atom stereocenters. The molecule has 0 saturated carbocycles. The maximum absolute atomic E-state index is 13.0. The molecule has 0 aromatic heterocycles. The molecule has 0 heterocycles. The van der Waals surface area contributed by atoms with Gasteiger partial charge in [-0.25, -0.2) is 8.42 Å². The Morgan fingerprint density at radius 1 is 0.840 bits per heavy atom. The molecular formula is C19H24N2O3S. The van der Waals surface area contributed by atoms with E-state index in [1.165, 1.54) is 6.92 Å². The van der Waals surface area contributed by atoms with Gasteiger partial charge in [0.25, 0.3) is 10.0 Å². The molecule has 0 spiro atoms. The van der Waals surface area contributed by atoms with Crippen molar-refractivity contribution in [2.24, 2.45) is 0 Å². The van der Waals surface area contributed by atoms with Gasteiger partial charge in [-0.1, -0.05) is 6.07 Å². The van der Waals surface area contributed by atoms with E-state index in [-0.39, 0.29) is 5.91 Å². The number of carbonyl (C=O) groups excluding carboxylic acids is 1. The van der Waals surface area contributed by atoms with Crippen LogP contribution in [0.5, 0.6) is 0 Å². The van der Waals surface area contributed by atoms with Crippen molar-refractivity contribution in [3.63, 3.8) is 0 Å². The second kappa shape index (κ2) is 6.88. The first-order valence-corrected chi connectivity index (χ1v) is 9.50. The molecule has 0 fully saturated rings. The molecule has 0 aliphatic heterocycles. The van der Waals surface area contributed by atoms with Crippen LogP contribution in [0.3, 0.4) is 0 Å². The van der Waals surface area contributed by atoms with E-state index in [1.807, 2.05) is 34.6 Å². The monoisotopic (exact) mass is 360 g/mol. The maximum atomic E-state index is 13.0. The highest BCUT2D eigenvalue weighted by atomic mass is 32.2. The largest absolute Gasteiger partial charge is 0.326 e. The smallest absolute Gasteiger partial charge is 0.262 e. The number of rotatable bonds is 4. The second-order valence-corrected chi connectivity index (χ2v) is 7.94. The zero-order valence-corrected chi connectivity index (χ0v) is 16.3. The van der Waals surface area contributed by atoms with Crippen molar-refractivity contribution in [2.75, 3.05) is 10.0 Å². The normalized spacial score (nSPS) is 11.3. The molecule has 2 N–H and O–H groups in total. The van der Waals surface area contributed by atoms with Crippen LogP contribution < -0.4 is 10.0 Å². The topological polar surface area (TPSA) is 75.3 Å². The number of amides is 1. The van der Waals surface area contributed by atoms with E-state index in [9.17, 15) is 13.2 Å². The summed E-state index contributed by atoms with van der Waals surface area (Å²) in [6.07, 6.45) is 0. The third kappa shape index (κ3) is 3.85. The standard InChI is InChI=1S/C19H24N2O3S/c1-11-12(2)14(4)19(15(5)13(11)3)25(23,24)21-18-9-7-8-17(10-18)20-16(6)22/h7-10,21H,1-6H3,(H,20,22). The molecule has 0 radical (unpaired) electrons. The second-order valence-electron chi connectivity index (χ2n) is 6.32. The lowest BCUT2D eigenvalue weighted by atomic mass is 9.95.